The summed E-state index contributed by atoms with van der Waals surface area (Å²) in [7, 11) is 2.06. The van der Waals surface area contributed by atoms with Gasteiger partial charge in [0.1, 0.15) is 13.2 Å². The van der Waals surface area contributed by atoms with Crippen molar-refractivity contribution in [2.75, 3.05) is 54.1 Å². The molecule has 234 valence electrons. The highest BCUT2D eigenvalue weighted by molar-refractivity contribution is 14.1. The van der Waals surface area contributed by atoms with E-state index in [-0.39, 0.29) is 13.2 Å². The molecule has 1 aromatic rings. The molecule has 1 rings (SSSR count). The molecule has 1 N–H and O–H groups in total. The van der Waals surface area contributed by atoms with E-state index >= 15 is 0 Å². The van der Waals surface area contributed by atoms with Crippen molar-refractivity contribution in [1.82, 2.24) is 0 Å². The highest BCUT2D eigenvalue weighted by Crippen LogP contribution is 2.43. The Morgan fingerprint density at radius 3 is 1.55 bits per heavy atom. The van der Waals surface area contributed by atoms with Gasteiger partial charge in [0.25, 0.3) is 0 Å². The first-order valence-electron chi connectivity index (χ1n) is 15.9. The number of benzene rings is 1. The van der Waals surface area contributed by atoms with E-state index in [1.54, 1.807) is 0 Å². The van der Waals surface area contributed by atoms with Crippen LogP contribution in [0.5, 0.6) is 0 Å². The van der Waals surface area contributed by atoms with Crippen LogP contribution in [0.2, 0.25) is 0 Å². The van der Waals surface area contributed by atoms with E-state index in [9.17, 15) is 9.46 Å². The smallest absolute Gasteiger partial charge is 0.381 e. The van der Waals surface area contributed by atoms with Crippen LogP contribution in [0.4, 0.5) is 0 Å². The minimum atomic E-state index is -3.95. The third-order valence-corrected chi connectivity index (χ3v) is 8.86. The predicted molar refractivity (Wildman–Crippen MR) is 177 cm³/mol. The van der Waals surface area contributed by atoms with Gasteiger partial charge >= 0.3 is 7.82 Å². The third kappa shape index (κ3) is 25.7. The Hall–Kier alpha value is -0.0200. The molecule has 0 aliphatic carbocycles. The van der Waals surface area contributed by atoms with Crippen LogP contribution in [0, 0.1) is 3.57 Å². The number of quaternary nitrogens is 1. The summed E-state index contributed by atoms with van der Waals surface area (Å²) in [5.74, 6) is 0. The van der Waals surface area contributed by atoms with E-state index < -0.39 is 7.82 Å². The molecule has 1 unspecified atom stereocenters. The van der Waals surface area contributed by atoms with E-state index in [2.05, 4.69) is 46.9 Å². The summed E-state index contributed by atoms with van der Waals surface area (Å²) in [6.07, 6.45) is 23.5. The van der Waals surface area contributed by atoms with E-state index in [0.717, 1.165) is 13.0 Å². The summed E-state index contributed by atoms with van der Waals surface area (Å²) < 4.78 is 29.4. The number of halogens is 1. The van der Waals surface area contributed by atoms with Crippen LogP contribution in [0.1, 0.15) is 115 Å². The summed E-state index contributed by atoms with van der Waals surface area (Å²) in [6.45, 7) is 2.32. The monoisotopic (exact) mass is 694 g/mol. The van der Waals surface area contributed by atoms with E-state index in [0.29, 0.717) is 24.1 Å². The Bertz CT molecular complexity index is 757. The molecule has 0 fully saturated rings. The lowest BCUT2D eigenvalue weighted by molar-refractivity contribution is -0.870. The first-order chi connectivity index (χ1) is 19.2. The van der Waals surface area contributed by atoms with Crippen LogP contribution < -0.4 is 0 Å². The van der Waals surface area contributed by atoms with Crippen molar-refractivity contribution in [3.63, 3.8) is 0 Å². The molecule has 0 aliphatic heterocycles. The fraction of sp³-hybridized carbons (Fsp3) is 0.812. The number of hydrogen-bond donors (Lipinski definition) is 1. The molecule has 8 heteroatoms. The number of hydrogen-bond acceptors (Lipinski definition) is 4. The summed E-state index contributed by atoms with van der Waals surface area (Å²) in [5.41, 5.74) is 1.48. The van der Waals surface area contributed by atoms with Crippen LogP contribution in [-0.2, 0) is 24.8 Å². The van der Waals surface area contributed by atoms with E-state index in [4.69, 9.17) is 13.8 Å². The van der Waals surface area contributed by atoms with Crippen molar-refractivity contribution in [2.24, 2.45) is 0 Å². The Kier molecular flexibility index (Phi) is 23.2. The van der Waals surface area contributed by atoms with Crippen molar-refractivity contribution < 1.29 is 27.7 Å². The summed E-state index contributed by atoms with van der Waals surface area (Å²) in [4.78, 5) is 9.67. The molecule has 1 aromatic carbocycles. The van der Waals surface area contributed by atoms with Gasteiger partial charge in [0, 0.05) is 16.8 Å². The second-order valence-electron chi connectivity index (χ2n) is 12.1. The number of ether oxygens (including phenoxy) is 1. The lowest BCUT2D eigenvalue weighted by Crippen LogP contribution is -2.37. The third-order valence-electron chi connectivity index (χ3n) is 7.12. The molecule has 0 aliphatic rings. The fourth-order valence-electron chi connectivity index (χ4n) is 4.57. The molecular formula is C32H60INO5P+. The molecule has 0 radical (unpaired) electrons. The molecule has 40 heavy (non-hydrogen) atoms. The van der Waals surface area contributed by atoms with Gasteiger partial charge < -0.3 is 14.1 Å². The van der Waals surface area contributed by atoms with Crippen molar-refractivity contribution in [3.05, 3.63) is 33.4 Å². The van der Waals surface area contributed by atoms with Gasteiger partial charge in [0.05, 0.1) is 27.7 Å². The van der Waals surface area contributed by atoms with Gasteiger partial charge in [-0.3, -0.25) is 9.05 Å². The lowest BCUT2D eigenvalue weighted by Gasteiger charge is -2.24. The van der Waals surface area contributed by atoms with Gasteiger partial charge in [-0.2, -0.15) is 0 Å². The molecule has 6 nitrogen and oxygen atoms in total. The highest BCUT2D eigenvalue weighted by atomic mass is 125. The molecular weight excluding hydrogens is 634 g/mol. The predicted octanol–water partition coefficient (Wildman–Crippen LogP) is 9.32. The Morgan fingerprint density at radius 1 is 0.625 bits per heavy atom. The average Bonchev–Trinajstić information content (AvgIpc) is 2.89. The normalized spacial score (nSPS) is 13.5. The average molecular weight is 695 g/mol. The van der Waals surface area contributed by atoms with Gasteiger partial charge in [0.15, 0.2) is 0 Å². The largest absolute Gasteiger partial charge is 0.472 e. The number of phosphoric acid groups is 1. The van der Waals surface area contributed by atoms with Crippen LogP contribution in [-0.4, -0.2) is 63.5 Å². The molecule has 0 heterocycles. The Labute approximate surface area is 260 Å². The zero-order valence-electron chi connectivity index (χ0n) is 25.9. The van der Waals surface area contributed by atoms with Crippen LogP contribution >= 0.6 is 30.4 Å². The van der Waals surface area contributed by atoms with Crippen molar-refractivity contribution >= 4 is 30.4 Å². The summed E-state index contributed by atoms with van der Waals surface area (Å²) in [6, 6.07) is 8.97. The van der Waals surface area contributed by atoms with E-state index in [1.807, 2.05) is 21.1 Å². The number of unbranched alkanes of at least 4 members (excludes halogenated alkanes) is 15. The number of likely N-dealkylation sites (N-methyl/N-ethyl adjacent to an activating group) is 1. The lowest BCUT2D eigenvalue weighted by atomic mass is 10.0. The second-order valence-corrected chi connectivity index (χ2v) is 14.8. The van der Waals surface area contributed by atoms with Crippen molar-refractivity contribution in [3.8, 4) is 0 Å². The van der Waals surface area contributed by atoms with Crippen molar-refractivity contribution in [2.45, 2.75) is 116 Å². The van der Waals surface area contributed by atoms with Crippen LogP contribution in [0.15, 0.2) is 24.3 Å². The van der Waals surface area contributed by atoms with Gasteiger partial charge in [-0.25, -0.2) is 4.57 Å². The molecule has 1 atom stereocenters. The van der Waals surface area contributed by atoms with E-state index in [1.165, 1.54) is 112 Å². The van der Waals surface area contributed by atoms with Gasteiger partial charge in [-0.05, 0) is 66.0 Å². The highest BCUT2D eigenvalue weighted by Gasteiger charge is 2.22. The first kappa shape index (κ1) is 38.0. The minimum absolute atomic E-state index is 0.174. The quantitative estimate of drug-likeness (QED) is 0.0410. The van der Waals surface area contributed by atoms with Crippen LogP contribution in [0.3, 0.4) is 0 Å². The Morgan fingerprint density at radius 2 is 1.05 bits per heavy atom. The molecule has 0 amide bonds. The minimum Gasteiger partial charge on any atom is -0.381 e. The molecule has 0 bridgehead atoms. The maximum Gasteiger partial charge on any atom is 0.472 e. The number of rotatable bonds is 28. The zero-order valence-corrected chi connectivity index (χ0v) is 29.0. The molecule has 0 spiro atoms. The number of phosphoric ester groups is 1. The van der Waals surface area contributed by atoms with Crippen LogP contribution in [0.25, 0.3) is 0 Å². The molecule has 0 saturated heterocycles. The topological polar surface area (TPSA) is 65.0 Å². The van der Waals surface area contributed by atoms with Crippen molar-refractivity contribution in [1.29, 1.82) is 0 Å². The van der Waals surface area contributed by atoms with Gasteiger partial charge in [-0.1, -0.05) is 102 Å². The molecule has 0 saturated carbocycles. The number of aryl methyl sites for hydroxylation is 1. The molecule has 0 aromatic heterocycles. The maximum absolute atomic E-state index is 11.8. The van der Waals surface area contributed by atoms with Gasteiger partial charge in [-0.15, -0.1) is 0 Å². The first-order valence-corrected chi connectivity index (χ1v) is 18.5. The number of nitrogens with zero attached hydrogens (tertiary/aromatic N) is 1. The SMILES string of the molecule is C[N+](C)(C)CCOP(=O)(O)OCCCOCCCCCCCCCCCCCCCCCCc1ccc([125I])cc1. The summed E-state index contributed by atoms with van der Waals surface area (Å²) in [5, 5.41) is 0. The second kappa shape index (κ2) is 24.4. The zero-order chi connectivity index (χ0) is 29.4. The van der Waals surface area contributed by atoms with Gasteiger partial charge in [0.2, 0.25) is 0 Å². The Balaban J connectivity index is 1.72. The fourth-order valence-corrected chi connectivity index (χ4v) is 5.68. The summed E-state index contributed by atoms with van der Waals surface area (Å²) >= 11 is 2.37. The standard InChI is InChI=1S/C32H59INO5P/c1-34(2,3)26-30-39-40(35,36)38-29-20-28-37-27-19-17-15-13-11-9-7-5-4-6-8-10-12-14-16-18-21-31-22-24-32(33)25-23-31/h22-25H,4-21,26-30H2,1-3H3/p+1/i33-2. The maximum atomic E-state index is 11.8.